The first-order chi connectivity index (χ1) is 10.0. The fraction of sp³-hybridized carbons (Fsp3) is 0.200. The van der Waals surface area contributed by atoms with E-state index in [1.807, 2.05) is 0 Å². The first-order valence-corrected chi connectivity index (χ1v) is 6.36. The van der Waals surface area contributed by atoms with E-state index in [1.54, 1.807) is 30.3 Å². The number of nitrogens with zero attached hydrogens (tertiary/aromatic N) is 2. The molecule has 0 saturated heterocycles. The Morgan fingerprint density at radius 3 is 2.38 bits per heavy atom. The molecule has 0 bridgehead atoms. The molecule has 0 fully saturated rings. The van der Waals surface area contributed by atoms with Crippen LogP contribution in [0.5, 0.6) is 0 Å². The van der Waals surface area contributed by atoms with Crippen LogP contribution >= 0.6 is 0 Å². The quantitative estimate of drug-likeness (QED) is 0.874. The summed E-state index contributed by atoms with van der Waals surface area (Å²) in [7, 11) is 0. The average molecular weight is 285 g/mol. The third kappa shape index (κ3) is 3.42. The van der Waals surface area contributed by atoms with Gasteiger partial charge < -0.3 is 10.4 Å². The van der Waals surface area contributed by atoms with Crippen LogP contribution in [-0.2, 0) is 15.0 Å². The molecule has 0 saturated carbocycles. The molecule has 1 atom stereocenters. The van der Waals surface area contributed by atoms with E-state index in [-0.39, 0.29) is 6.42 Å². The van der Waals surface area contributed by atoms with Gasteiger partial charge in [-0.25, -0.2) is 9.97 Å². The normalized spacial score (nSPS) is 13.2. The standard InChI is InChI=1S/C15H15N3O3/c1-15(14(20)21,11-5-3-2-4-6-11)7-13(19)18-12-8-16-10-17-9-12/h2-6,8-10H,7H2,1H3,(H,18,19)(H,20,21). The number of carbonyl (C=O) groups excluding carboxylic acids is 1. The number of benzene rings is 1. The Morgan fingerprint density at radius 2 is 1.81 bits per heavy atom. The van der Waals surface area contributed by atoms with Gasteiger partial charge in [0.15, 0.2) is 0 Å². The first-order valence-electron chi connectivity index (χ1n) is 6.36. The lowest BCUT2D eigenvalue weighted by atomic mass is 9.79. The summed E-state index contributed by atoms with van der Waals surface area (Å²) in [6.45, 7) is 1.53. The minimum atomic E-state index is -1.29. The Bertz CT molecular complexity index is 631. The molecule has 0 aliphatic heterocycles. The van der Waals surface area contributed by atoms with Crippen LogP contribution < -0.4 is 5.32 Å². The zero-order valence-electron chi connectivity index (χ0n) is 11.5. The minimum Gasteiger partial charge on any atom is -0.481 e. The molecule has 2 aromatic rings. The van der Waals surface area contributed by atoms with Gasteiger partial charge in [-0.2, -0.15) is 0 Å². The number of aliphatic carboxylic acids is 1. The summed E-state index contributed by atoms with van der Waals surface area (Å²) in [5, 5.41) is 12.1. The summed E-state index contributed by atoms with van der Waals surface area (Å²) in [6, 6.07) is 8.70. The second-order valence-corrected chi connectivity index (χ2v) is 4.86. The number of hydrogen-bond acceptors (Lipinski definition) is 4. The second kappa shape index (κ2) is 6.13. The van der Waals surface area contributed by atoms with Crippen LogP contribution in [0.3, 0.4) is 0 Å². The number of rotatable bonds is 5. The van der Waals surface area contributed by atoms with E-state index < -0.39 is 17.3 Å². The maximum atomic E-state index is 12.1. The lowest BCUT2D eigenvalue weighted by molar-refractivity contribution is -0.145. The first kappa shape index (κ1) is 14.6. The molecule has 0 radical (unpaired) electrons. The third-order valence-corrected chi connectivity index (χ3v) is 3.24. The van der Waals surface area contributed by atoms with Gasteiger partial charge in [0.05, 0.1) is 23.5 Å². The monoisotopic (exact) mass is 285 g/mol. The Labute approximate surface area is 121 Å². The Balaban J connectivity index is 2.17. The fourth-order valence-electron chi connectivity index (χ4n) is 2.00. The maximum absolute atomic E-state index is 12.1. The summed E-state index contributed by atoms with van der Waals surface area (Å²) < 4.78 is 0. The molecule has 6 nitrogen and oxygen atoms in total. The third-order valence-electron chi connectivity index (χ3n) is 3.24. The van der Waals surface area contributed by atoms with Crippen molar-refractivity contribution < 1.29 is 14.7 Å². The lowest BCUT2D eigenvalue weighted by Crippen LogP contribution is -2.36. The number of nitrogens with one attached hydrogen (secondary N) is 1. The number of carboxylic acids is 1. The summed E-state index contributed by atoms with van der Waals surface area (Å²) in [5.74, 6) is -1.45. The molecule has 1 unspecified atom stereocenters. The van der Waals surface area contributed by atoms with Gasteiger partial charge in [-0.05, 0) is 12.5 Å². The van der Waals surface area contributed by atoms with Crippen molar-refractivity contribution in [3.8, 4) is 0 Å². The zero-order valence-corrected chi connectivity index (χ0v) is 11.5. The molecule has 2 N–H and O–H groups in total. The molecule has 1 aromatic carbocycles. The lowest BCUT2D eigenvalue weighted by Gasteiger charge is -2.24. The highest BCUT2D eigenvalue weighted by Gasteiger charge is 2.37. The van der Waals surface area contributed by atoms with Crippen LogP contribution in [0.4, 0.5) is 5.69 Å². The number of anilines is 1. The van der Waals surface area contributed by atoms with Crippen LogP contribution in [0.25, 0.3) is 0 Å². The Kier molecular flexibility index (Phi) is 4.27. The molecule has 6 heteroatoms. The van der Waals surface area contributed by atoms with Crippen molar-refractivity contribution >= 4 is 17.6 Å². The van der Waals surface area contributed by atoms with Gasteiger partial charge in [0.25, 0.3) is 0 Å². The summed E-state index contributed by atoms with van der Waals surface area (Å²) in [6.07, 6.45) is 4.07. The van der Waals surface area contributed by atoms with E-state index in [9.17, 15) is 14.7 Å². The smallest absolute Gasteiger partial charge is 0.314 e. The van der Waals surface area contributed by atoms with E-state index in [0.717, 1.165) is 0 Å². The minimum absolute atomic E-state index is 0.179. The number of hydrogen-bond donors (Lipinski definition) is 2. The van der Waals surface area contributed by atoms with Crippen molar-refractivity contribution in [2.24, 2.45) is 0 Å². The highest BCUT2D eigenvalue weighted by molar-refractivity contribution is 5.96. The number of amides is 1. The van der Waals surface area contributed by atoms with Gasteiger partial charge in [0.1, 0.15) is 6.33 Å². The second-order valence-electron chi connectivity index (χ2n) is 4.86. The highest BCUT2D eigenvalue weighted by Crippen LogP contribution is 2.28. The predicted molar refractivity (Wildman–Crippen MR) is 76.7 cm³/mol. The van der Waals surface area contributed by atoms with Gasteiger partial charge in [0, 0.05) is 6.42 Å². The van der Waals surface area contributed by atoms with E-state index in [2.05, 4.69) is 15.3 Å². The van der Waals surface area contributed by atoms with Crippen molar-refractivity contribution in [2.45, 2.75) is 18.8 Å². The van der Waals surface area contributed by atoms with Gasteiger partial charge in [0.2, 0.25) is 5.91 Å². The Morgan fingerprint density at radius 1 is 1.19 bits per heavy atom. The van der Waals surface area contributed by atoms with Crippen molar-refractivity contribution in [3.63, 3.8) is 0 Å². The summed E-state index contributed by atoms with van der Waals surface area (Å²) >= 11 is 0. The molecule has 21 heavy (non-hydrogen) atoms. The molecule has 1 amide bonds. The van der Waals surface area contributed by atoms with E-state index in [0.29, 0.717) is 11.3 Å². The predicted octanol–water partition coefficient (Wildman–Crippen LogP) is 1.85. The molecule has 108 valence electrons. The van der Waals surface area contributed by atoms with Gasteiger partial charge in [-0.1, -0.05) is 30.3 Å². The van der Waals surface area contributed by atoms with Gasteiger partial charge in [-0.3, -0.25) is 9.59 Å². The van der Waals surface area contributed by atoms with Crippen molar-refractivity contribution in [1.29, 1.82) is 0 Å². The zero-order chi connectivity index (χ0) is 15.3. The molecule has 0 aliphatic carbocycles. The van der Waals surface area contributed by atoms with E-state index >= 15 is 0 Å². The van der Waals surface area contributed by atoms with Gasteiger partial charge >= 0.3 is 5.97 Å². The topological polar surface area (TPSA) is 92.2 Å². The number of carboxylic acid groups (broad SMARTS) is 1. The summed E-state index contributed by atoms with van der Waals surface area (Å²) in [5.41, 5.74) is -0.277. The molecule has 2 rings (SSSR count). The molecule has 0 spiro atoms. The maximum Gasteiger partial charge on any atom is 0.314 e. The molecular weight excluding hydrogens is 270 g/mol. The van der Waals surface area contributed by atoms with Crippen molar-refractivity contribution in [2.75, 3.05) is 5.32 Å². The fourth-order valence-corrected chi connectivity index (χ4v) is 2.00. The van der Waals surface area contributed by atoms with E-state index in [4.69, 9.17) is 0 Å². The molecule has 0 aliphatic rings. The van der Waals surface area contributed by atoms with Crippen molar-refractivity contribution in [1.82, 2.24) is 9.97 Å². The van der Waals surface area contributed by atoms with Crippen LogP contribution in [0.15, 0.2) is 49.1 Å². The number of aromatic nitrogens is 2. The van der Waals surface area contributed by atoms with E-state index in [1.165, 1.54) is 25.6 Å². The summed E-state index contributed by atoms with van der Waals surface area (Å²) in [4.78, 5) is 31.3. The highest BCUT2D eigenvalue weighted by atomic mass is 16.4. The largest absolute Gasteiger partial charge is 0.481 e. The van der Waals surface area contributed by atoms with Crippen LogP contribution in [0, 0.1) is 0 Å². The Hall–Kier alpha value is -2.76. The van der Waals surface area contributed by atoms with Crippen LogP contribution in [0.1, 0.15) is 18.9 Å². The molecule has 1 aromatic heterocycles. The molecule has 1 heterocycles. The van der Waals surface area contributed by atoms with Gasteiger partial charge in [-0.15, -0.1) is 0 Å². The molecular formula is C15H15N3O3. The van der Waals surface area contributed by atoms with Crippen molar-refractivity contribution in [3.05, 3.63) is 54.6 Å². The SMILES string of the molecule is CC(CC(=O)Nc1cncnc1)(C(=O)O)c1ccccc1. The average Bonchev–Trinajstić information content (AvgIpc) is 2.48. The number of carbonyl (C=O) groups is 2. The van der Waals surface area contributed by atoms with Crippen LogP contribution in [-0.4, -0.2) is 27.0 Å². The van der Waals surface area contributed by atoms with Crippen LogP contribution in [0.2, 0.25) is 0 Å².